The zero-order chi connectivity index (χ0) is 42.9. The Kier molecular flexibility index (Phi) is 14.7. The second-order valence-electron chi connectivity index (χ2n) is 14.3. The highest BCUT2D eigenvalue weighted by molar-refractivity contribution is 7.88. The number of amides is 2. The second kappa shape index (κ2) is 19.7. The van der Waals surface area contributed by atoms with Crippen LogP contribution in [-0.2, 0) is 46.0 Å². The summed E-state index contributed by atoms with van der Waals surface area (Å²) in [6.45, 7) is 1.13. The molecule has 2 aliphatic rings. The number of anilines is 1. The number of nitrogens with one attached hydrogen (secondary N) is 1. The summed E-state index contributed by atoms with van der Waals surface area (Å²) in [5.74, 6) is 0.632. The molecule has 6 rings (SSSR count). The van der Waals surface area contributed by atoms with E-state index < -0.39 is 33.1 Å². The van der Waals surface area contributed by atoms with Crippen LogP contribution in [0.2, 0.25) is 0 Å². The number of methoxy groups -OCH3 is 3. The van der Waals surface area contributed by atoms with Crippen LogP contribution in [0.1, 0.15) is 47.3 Å². The lowest BCUT2D eigenvalue weighted by atomic mass is 9.97. The number of sulfonamides is 1. The fourth-order valence-electron chi connectivity index (χ4n) is 7.45. The minimum Gasteiger partial charge on any atom is -0.493 e. The summed E-state index contributed by atoms with van der Waals surface area (Å²) in [7, 11) is 3.44. The first-order valence-corrected chi connectivity index (χ1v) is 20.7. The van der Waals surface area contributed by atoms with Crippen LogP contribution in [0.3, 0.4) is 0 Å². The molecule has 2 N–H and O–H groups in total. The first-order valence-electron chi connectivity index (χ1n) is 19.1. The smallest absolute Gasteiger partial charge is 0.331 e. The van der Waals surface area contributed by atoms with E-state index in [1.54, 1.807) is 35.2 Å². The van der Waals surface area contributed by atoms with Crippen LogP contribution in [0.25, 0.3) is 10.9 Å². The number of nitrogens with zero attached hydrogens (tertiary/aromatic N) is 6. The molecule has 4 heterocycles. The van der Waals surface area contributed by atoms with Crippen molar-refractivity contribution in [2.75, 3.05) is 65.5 Å². The van der Waals surface area contributed by atoms with Crippen LogP contribution in [0.4, 0.5) is 5.82 Å². The number of pyridine rings is 1. The monoisotopic (exact) mass is 837 g/mol. The molecule has 18 nitrogen and oxygen atoms in total. The molecule has 0 spiro atoms. The van der Waals surface area contributed by atoms with Crippen LogP contribution in [0.5, 0.6) is 17.2 Å². The van der Waals surface area contributed by atoms with Crippen molar-refractivity contribution >= 4 is 45.0 Å². The van der Waals surface area contributed by atoms with E-state index in [1.165, 1.54) is 39.7 Å². The van der Waals surface area contributed by atoms with E-state index in [4.69, 9.17) is 29.1 Å². The molecule has 0 aliphatic carbocycles. The van der Waals surface area contributed by atoms with E-state index >= 15 is 0 Å². The number of hydrogen-bond acceptors (Lipinski definition) is 12. The number of carboxylic acid groups (broad SMARTS) is 1. The molecule has 2 aliphatic heterocycles. The lowest BCUT2D eigenvalue weighted by Gasteiger charge is -2.36. The zero-order valence-electron chi connectivity index (χ0n) is 33.9. The van der Waals surface area contributed by atoms with Crippen molar-refractivity contribution in [3.05, 3.63) is 86.2 Å². The molecule has 2 bridgehead atoms. The normalized spacial score (nSPS) is 16.9. The van der Waals surface area contributed by atoms with Crippen molar-refractivity contribution in [3.8, 4) is 17.2 Å². The van der Waals surface area contributed by atoms with Gasteiger partial charge in [0.15, 0.2) is 11.5 Å². The molecule has 59 heavy (non-hydrogen) atoms. The maximum absolute atomic E-state index is 14.5. The van der Waals surface area contributed by atoms with E-state index in [-0.39, 0.29) is 50.0 Å². The van der Waals surface area contributed by atoms with Crippen molar-refractivity contribution in [2.24, 2.45) is 20.0 Å². The summed E-state index contributed by atoms with van der Waals surface area (Å²) >= 11 is 0. The van der Waals surface area contributed by atoms with Gasteiger partial charge >= 0.3 is 5.69 Å². The van der Waals surface area contributed by atoms with Gasteiger partial charge in [-0.05, 0) is 43.2 Å². The van der Waals surface area contributed by atoms with Crippen molar-refractivity contribution in [1.29, 1.82) is 0 Å². The zero-order valence-corrected chi connectivity index (χ0v) is 34.7. The number of piperidine rings is 1. The van der Waals surface area contributed by atoms with Gasteiger partial charge in [0.2, 0.25) is 21.7 Å². The Labute approximate surface area is 341 Å². The predicted octanol–water partition coefficient (Wildman–Crippen LogP) is 1.96. The Balaban J connectivity index is 0.00000214. The van der Waals surface area contributed by atoms with Crippen LogP contribution < -0.4 is 35.7 Å². The molecule has 2 aromatic carbocycles. The van der Waals surface area contributed by atoms with Crippen LogP contribution in [-0.4, -0.2) is 116 Å². The van der Waals surface area contributed by atoms with Crippen LogP contribution in [0, 0.1) is 5.92 Å². The van der Waals surface area contributed by atoms with Gasteiger partial charge in [-0.25, -0.2) is 18.2 Å². The SMILES string of the molecule is COc1cc2nc3c(cc2c(OC)c1OC)CN(C(=O)c1cc(=O)n(C)c(=O)n1C)CCCCN(S(=O)(=O)Cc1ccccc1)CC(=O)NCC1CCCN3C1.O=CO. The average molecular weight is 838 g/mol. The number of rotatable bonds is 7. The van der Waals surface area contributed by atoms with Crippen molar-refractivity contribution in [3.63, 3.8) is 0 Å². The van der Waals surface area contributed by atoms with Gasteiger partial charge < -0.3 is 34.4 Å². The van der Waals surface area contributed by atoms with Gasteiger partial charge in [0.25, 0.3) is 17.9 Å². The summed E-state index contributed by atoms with van der Waals surface area (Å²) in [6.07, 6.45) is 2.27. The summed E-state index contributed by atoms with van der Waals surface area (Å²) in [6, 6.07) is 13.6. The van der Waals surface area contributed by atoms with E-state index in [1.807, 2.05) is 12.1 Å². The van der Waals surface area contributed by atoms with Gasteiger partial charge in [0, 0.05) is 76.4 Å². The molecule has 1 unspecified atom stereocenters. The Morgan fingerprint density at radius 3 is 2.29 bits per heavy atom. The maximum Gasteiger partial charge on any atom is 0.331 e. The highest BCUT2D eigenvalue weighted by Gasteiger charge is 2.30. The van der Waals surface area contributed by atoms with Gasteiger partial charge in [-0.15, -0.1) is 0 Å². The fraction of sp³-hybridized carbons (Fsp3) is 0.450. The molecular weight excluding hydrogens is 787 g/mol. The lowest BCUT2D eigenvalue weighted by molar-refractivity contribution is -0.123. The van der Waals surface area contributed by atoms with Gasteiger partial charge in [0.1, 0.15) is 11.5 Å². The largest absolute Gasteiger partial charge is 0.493 e. The van der Waals surface area contributed by atoms with Crippen molar-refractivity contribution < 1.29 is 42.1 Å². The predicted molar refractivity (Wildman–Crippen MR) is 220 cm³/mol. The molecule has 1 saturated heterocycles. The minimum absolute atomic E-state index is 0.0214. The van der Waals surface area contributed by atoms with E-state index in [2.05, 4.69) is 10.2 Å². The van der Waals surface area contributed by atoms with Crippen molar-refractivity contribution in [1.82, 2.24) is 28.6 Å². The lowest BCUT2D eigenvalue weighted by Crippen LogP contribution is -2.46. The highest BCUT2D eigenvalue weighted by atomic mass is 32.2. The number of benzene rings is 2. The Hall–Kier alpha value is -5.95. The number of carbonyl (C=O) groups excluding carboxylic acids is 2. The van der Waals surface area contributed by atoms with Crippen LogP contribution in [0.15, 0.2) is 58.1 Å². The van der Waals surface area contributed by atoms with E-state index in [9.17, 15) is 27.6 Å². The fourth-order valence-corrected chi connectivity index (χ4v) is 8.97. The van der Waals surface area contributed by atoms with Crippen LogP contribution >= 0.6 is 0 Å². The molecule has 2 aromatic heterocycles. The molecular formula is C40H51N7O11S. The topological polar surface area (TPSA) is 212 Å². The molecule has 1 atom stereocenters. The molecule has 0 saturated carbocycles. The molecule has 2 amide bonds. The number of aromatic nitrogens is 3. The Morgan fingerprint density at radius 2 is 1.61 bits per heavy atom. The first kappa shape index (κ1) is 44.2. The molecule has 19 heteroatoms. The molecule has 4 aromatic rings. The number of fused-ring (bicyclic) bond motifs is 5. The Bertz CT molecular complexity index is 2390. The molecule has 0 radical (unpaired) electrons. The first-order chi connectivity index (χ1) is 28.3. The summed E-state index contributed by atoms with van der Waals surface area (Å²) in [4.78, 5) is 70.9. The number of ether oxygens (including phenoxy) is 3. The van der Waals surface area contributed by atoms with E-state index in [0.29, 0.717) is 77.6 Å². The summed E-state index contributed by atoms with van der Waals surface area (Å²) < 4.78 is 47.9. The average Bonchev–Trinajstić information content (AvgIpc) is 3.23. The van der Waals surface area contributed by atoms with Gasteiger partial charge in [0.05, 0.1) is 39.1 Å². The Morgan fingerprint density at radius 1 is 0.915 bits per heavy atom. The third-order valence-electron chi connectivity index (χ3n) is 10.5. The summed E-state index contributed by atoms with van der Waals surface area (Å²) in [5.41, 5.74) is 0.494. The quantitative estimate of drug-likeness (QED) is 0.255. The number of carbonyl (C=O) groups is 3. The van der Waals surface area contributed by atoms with Crippen molar-refractivity contribution in [2.45, 2.75) is 38.0 Å². The minimum atomic E-state index is -3.91. The standard InChI is InChI=1S/C39H49N7O9S.CH2O2/c1-42-31(20-34(48)43(2)39(42)50)38(49)45-15-9-10-17-46(56(51,52)25-26-12-7-6-8-13-26)24-33(47)40-21-27-14-11-16-44(22-27)37-28(23-45)18-29-30(41-37)19-32(53-3)36(55-5)35(29)54-4;2-1-3/h6-8,12-13,18-20,27H,9-11,14-17,21-25H2,1-5H3,(H,40,47);1H,(H,2,3). The van der Waals surface area contributed by atoms with E-state index in [0.717, 1.165) is 28.0 Å². The second-order valence-corrected chi connectivity index (χ2v) is 16.3. The van der Waals surface area contributed by atoms with Gasteiger partial charge in [-0.3, -0.25) is 28.3 Å². The summed E-state index contributed by atoms with van der Waals surface area (Å²) in [5, 5.41) is 10.5. The van der Waals surface area contributed by atoms with Gasteiger partial charge in [-0.1, -0.05) is 30.3 Å². The van der Waals surface area contributed by atoms with Gasteiger partial charge in [-0.2, -0.15) is 4.31 Å². The number of hydrogen-bond donors (Lipinski definition) is 2. The highest BCUT2D eigenvalue weighted by Crippen LogP contribution is 2.44. The third kappa shape index (κ3) is 10.2. The maximum atomic E-state index is 14.5. The molecule has 1 fully saturated rings. The third-order valence-corrected chi connectivity index (χ3v) is 12.3. The molecule has 318 valence electrons.